The SMILES string of the molecule is CC1(C)c2ccccc2-c2ccc(-c3ccc(-c4ccc5c(c4)C(C)(C)c4ccccc4-5)c4cnccc34)cc21. The average molecular weight is 514 g/mol. The van der Waals surface area contributed by atoms with Gasteiger partial charge in [0.15, 0.2) is 0 Å². The fourth-order valence-electron chi connectivity index (χ4n) is 7.44. The molecule has 40 heavy (non-hydrogen) atoms. The molecular formula is C39H31N. The third-order valence-corrected chi connectivity index (χ3v) is 9.61. The largest absolute Gasteiger partial charge is 0.264 e. The van der Waals surface area contributed by atoms with Gasteiger partial charge in [-0.25, -0.2) is 0 Å². The number of hydrogen-bond acceptors (Lipinski definition) is 1. The molecule has 5 aromatic carbocycles. The zero-order valence-electron chi connectivity index (χ0n) is 23.4. The third kappa shape index (κ3) is 3.06. The Balaban J connectivity index is 1.28. The van der Waals surface area contributed by atoms with E-state index in [1.165, 1.54) is 77.5 Å². The van der Waals surface area contributed by atoms with Crippen LogP contribution in [0.3, 0.4) is 0 Å². The molecule has 0 bridgehead atoms. The number of fused-ring (bicyclic) bond motifs is 7. The van der Waals surface area contributed by atoms with Gasteiger partial charge in [0.05, 0.1) is 0 Å². The van der Waals surface area contributed by atoms with Crippen LogP contribution in [0.25, 0.3) is 55.3 Å². The minimum absolute atomic E-state index is 0.0198. The minimum atomic E-state index is -0.0231. The van der Waals surface area contributed by atoms with Crippen molar-refractivity contribution in [2.24, 2.45) is 0 Å². The second-order valence-corrected chi connectivity index (χ2v) is 12.4. The summed E-state index contributed by atoms with van der Waals surface area (Å²) in [5.74, 6) is 0. The van der Waals surface area contributed by atoms with Crippen molar-refractivity contribution >= 4 is 10.8 Å². The number of hydrogen-bond donors (Lipinski definition) is 0. The molecule has 1 aromatic heterocycles. The highest BCUT2D eigenvalue weighted by Gasteiger charge is 2.36. The molecule has 192 valence electrons. The highest BCUT2D eigenvalue weighted by molar-refractivity contribution is 6.05. The molecule has 0 spiro atoms. The summed E-state index contributed by atoms with van der Waals surface area (Å²) in [6, 6.07) is 38.5. The van der Waals surface area contributed by atoms with E-state index in [1.54, 1.807) is 0 Å². The van der Waals surface area contributed by atoms with E-state index < -0.39 is 0 Å². The molecule has 1 heterocycles. The molecule has 0 atom stereocenters. The van der Waals surface area contributed by atoms with Crippen molar-refractivity contribution in [3.05, 3.63) is 138 Å². The van der Waals surface area contributed by atoms with E-state index in [4.69, 9.17) is 0 Å². The Morgan fingerprint density at radius 2 is 0.875 bits per heavy atom. The molecule has 1 heteroatoms. The molecule has 2 aliphatic carbocycles. The lowest BCUT2D eigenvalue weighted by Gasteiger charge is -2.23. The second kappa shape index (κ2) is 8.02. The maximum Gasteiger partial charge on any atom is 0.0352 e. The molecule has 0 fully saturated rings. The van der Waals surface area contributed by atoms with E-state index in [0.29, 0.717) is 0 Å². The Bertz CT molecular complexity index is 1860. The van der Waals surface area contributed by atoms with Crippen molar-refractivity contribution in [3.63, 3.8) is 0 Å². The lowest BCUT2D eigenvalue weighted by Crippen LogP contribution is -2.15. The molecule has 0 unspecified atom stereocenters. The molecular weight excluding hydrogens is 482 g/mol. The second-order valence-electron chi connectivity index (χ2n) is 12.4. The number of rotatable bonds is 2. The van der Waals surface area contributed by atoms with Gasteiger partial charge in [0, 0.05) is 28.6 Å². The van der Waals surface area contributed by atoms with Gasteiger partial charge in [-0.15, -0.1) is 0 Å². The first-order chi connectivity index (χ1) is 19.4. The van der Waals surface area contributed by atoms with Crippen LogP contribution >= 0.6 is 0 Å². The Hall–Kier alpha value is -4.49. The summed E-state index contributed by atoms with van der Waals surface area (Å²) in [6.45, 7) is 9.38. The Morgan fingerprint density at radius 1 is 0.425 bits per heavy atom. The van der Waals surface area contributed by atoms with E-state index in [2.05, 4.69) is 136 Å². The molecule has 1 nitrogen and oxygen atoms in total. The molecule has 0 N–H and O–H groups in total. The van der Waals surface area contributed by atoms with Gasteiger partial charge in [-0.1, -0.05) is 113 Å². The van der Waals surface area contributed by atoms with Crippen molar-refractivity contribution in [2.75, 3.05) is 0 Å². The summed E-state index contributed by atoms with van der Waals surface area (Å²) < 4.78 is 0. The van der Waals surface area contributed by atoms with E-state index >= 15 is 0 Å². The molecule has 2 aliphatic rings. The maximum absolute atomic E-state index is 4.58. The van der Waals surface area contributed by atoms with Crippen LogP contribution < -0.4 is 0 Å². The Labute approximate surface area is 236 Å². The zero-order valence-corrected chi connectivity index (χ0v) is 23.4. The van der Waals surface area contributed by atoms with Gasteiger partial charge in [-0.3, -0.25) is 4.98 Å². The molecule has 6 aromatic rings. The van der Waals surface area contributed by atoms with Crippen LogP contribution in [-0.4, -0.2) is 4.98 Å². The van der Waals surface area contributed by atoms with Gasteiger partial charge in [-0.05, 0) is 90.3 Å². The van der Waals surface area contributed by atoms with Crippen molar-refractivity contribution in [3.8, 4) is 44.5 Å². The molecule has 8 rings (SSSR count). The first-order valence-corrected chi connectivity index (χ1v) is 14.2. The van der Waals surface area contributed by atoms with Crippen LogP contribution in [0.2, 0.25) is 0 Å². The van der Waals surface area contributed by atoms with E-state index in [9.17, 15) is 0 Å². The van der Waals surface area contributed by atoms with E-state index in [0.717, 1.165) is 0 Å². The smallest absolute Gasteiger partial charge is 0.0352 e. The summed E-state index contributed by atoms with van der Waals surface area (Å²) in [5.41, 5.74) is 16.0. The fourth-order valence-corrected chi connectivity index (χ4v) is 7.44. The van der Waals surface area contributed by atoms with E-state index in [1.807, 2.05) is 12.4 Å². The van der Waals surface area contributed by atoms with Crippen LogP contribution in [0.4, 0.5) is 0 Å². The number of pyridine rings is 1. The lowest BCUT2D eigenvalue weighted by molar-refractivity contribution is 0.660. The fraction of sp³-hybridized carbons (Fsp3) is 0.154. The lowest BCUT2D eigenvalue weighted by atomic mass is 9.81. The third-order valence-electron chi connectivity index (χ3n) is 9.61. The first-order valence-electron chi connectivity index (χ1n) is 14.2. The summed E-state index contributed by atoms with van der Waals surface area (Å²) in [4.78, 5) is 4.58. The summed E-state index contributed by atoms with van der Waals surface area (Å²) >= 11 is 0. The average Bonchev–Trinajstić information content (AvgIpc) is 3.36. The van der Waals surface area contributed by atoms with Gasteiger partial charge in [0.25, 0.3) is 0 Å². The molecule has 0 saturated heterocycles. The Kier molecular flexibility index (Phi) is 4.69. The highest BCUT2D eigenvalue weighted by atomic mass is 14.6. The van der Waals surface area contributed by atoms with Gasteiger partial charge in [0.1, 0.15) is 0 Å². The number of benzene rings is 5. The van der Waals surface area contributed by atoms with Crippen LogP contribution in [0.15, 0.2) is 116 Å². The van der Waals surface area contributed by atoms with Crippen molar-refractivity contribution in [2.45, 2.75) is 38.5 Å². The zero-order chi connectivity index (χ0) is 27.2. The normalized spacial score (nSPS) is 15.4. The number of nitrogens with zero attached hydrogens (tertiary/aromatic N) is 1. The van der Waals surface area contributed by atoms with Crippen molar-refractivity contribution < 1.29 is 0 Å². The molecule has 0 saturated carbocycles. The van der Waals surface area contributed by atoms with Crippen molar-refractivity contribution in [1.29, 1.82) is 0 Å². The predicted octanol–water partition coefficient (Wildman–Crippen LogP) is 10.2. The minimum Gasteiger partial charge on any atom is -0.264 e. The van der Waals surface area contributed by atoms with Crippen LogP contribution in [-0.2, 0) is 10.8 Å². The van der Waals surface area contributed by atoms with Crippen molar-refractivity contribution in [1.82, 2.24) is 4.98 Å². The summed E-state index contributed by atoms with van der Waals surface area (Å²) in [7, 11) is 0. The van der Waals surface area contributed by atoms with Gasteiger partial charge in [0.2, 0.25) is 0 Å². The standard InChI is InChI=1S/C39H31N/c1-38(2)34-11-7-5-9-29(34)31-15-13-24(21-36(31)38)26-17-18-27(33-23-40-20-19-28(26)33)25-14-16-32-30-10-6-8-12-35(30)39(3,4)37(32)22-25/h5-23H,1-4H3. The van der Waals surface area contributed by atoms with Gasteiger partial charge < -0.3 is 0 Å². The molecule has 0 radical (unpaired) electrons. The first kappa shape index (κ1) is 23.4. The highest BCUT2D eigenvalue weighted by Crippen LogP contribution is 2.51. The van der Waals surface area contributed by atoms with Crippen LogP contribution in [0, 0.1) is 0 Å². The number of aromatic nitrogens is 1. The topological polar surface area (TPSA) is 12.9 Å². The maximum atomic E-state index is 4.58. The predicted molar refractivity (Wildman–Crippen MR) is 168 cm³/mol. The summed E-state index contributed by atoms with van der Waals surface area (Å²) in [6.07, 6.45) is 3.96. The Morgan fingerprint density at radius 3 is 1.43 bits per heavy atom. The summed E-state index contributed by atoms with van der Waals surface area (Å²) in [5, 5.41) is 2.43. The van der Waals surface area contributed by atoms with Gasteiger partial charge in [-0.2, -0.15) is 0 Å². The van der Waals surface area contributed by atoms with Crippen LogP contribution in [0.5, 0.6) is 0 Å². The molecule has 0 aliphatic heterocycles. The quantitative estimate of drug-likeness (QED) is 0.224. The van der Waals surface area contributed by atoms with E-state index in [-0.39, 0.29) is 10.8 Å². The monoisotopic (exact) mass is 513 g/mol. The van der Waals surface area contributed by atoms with Gasteiger partial charge >= 0.3 is 0 Å². The molecule has 0 amide bonds. The van der Waals surface area contributed by atoms with Crippen LogP contribution in [0.1, 0.15) is 49.9 Å².